The van der Waals surface area contributed by atoms with Gasteiger partial charge in [-0.3, -0.25) is 49.3 Å². The predicted octanol–water partition coefficient (Wildman–Crippen LogP) is 18.4. The highest BCUT2D eigenvalue weighted by atomic mass is 19.1. The zero-order chi connectivity index (χ0) is 88.2. The van der Waals surface area contributed by atoms with Crippen LogP contribution in [0.3, 0.4) is 0 Å². The van der Waals surface area contributed by atoms with E-state index in [1.807, 2.05) is 72.8 Å². The van der Waals surface area contributed by atoms with Gasteiger partial charge in [0.05, 0.1) is 24.3 Å². The summed E-state index contributed by atoms with van der Waals surface area (Å²) in [6, 6.07) is 85.1. The van der Waals surface area contributed by atoms with Gasteiger partial charge in [-0.1, -0.05) is 202 Å². The Bertz CT molecular complexity index is 4710. The lowest BCUT2D eigenvalue weighted by Gasteiger charge is -2.42. The molecule has 18 nitrogen and oxygen atoms in total. The molecule has 6 aliphatic heterocycles. The Balaban J connectivity index is 0.000000138. The molecule has 10 aromatic rings. The van der Waals surface area contributed by atoms with E-state index in [9.17, 15) is 18.9 Å². The number of nitrogens with zero attached hydrogens (tertiary/aromatic N) is 13. The average Bonchev–Trinajstić information content (AvgIpc) is 0.839. The first-order chi connectivity index (χ1) is 61.4. The van der Waals surface area contributed by atoms with Gasteiger partial charge in [-0.25, -0.2) is 8.78 Å². The highest BCUT2D eigenvalue weighted by molar-refractivity contribution is 5.59. The minimum absolute atomic E-state index is 0.120. The number of methoxy groups -OCH3 is 1. The highest BCUT2D eigenvalue weighted by Gasteiger charge is 2.29. The van der Waals surface area contributed by atoms with Crippen molar-refractivity contribution in [2.75, 3.05) is 199 Å². The molecule has 7 aliphatic rings. The van der Waals surface area contributed by atoms with E-state index in [1.54, 1.807) is 31.4 Å². The van der Waals surface area contributed by atoms with Crippen LogP contribution in [0.1, 0.15) is 102 Å². The van der Waals surface area contributed by atoms with Crippen LogP contribution in [0.25, 0.3) is 0 Å². The van der Waals surface area contributed by atoms with Crippen LogP contribution in [0, 0.1) is 41.5 Å². The lowest BCUT2D eigenvalue weighted by Crippen LogP contribution is -2.50. The predicted molar refractivity (Wildman–Crippen MR) is 513 cm³/mol. The molecule has 0 aromatic heterocycles. The maximum absolute atomic E-state index is 13.0. The van der Waals surface area contributed by atoms with Gasteiger partial charge in [-0.05, 0) is 169 Å². The second-order valence-electron chi connectivity index (χ2n) is 35.4. The highest BCUT2D eigenvalue weighted by Crippen LogP contribution is 2.32. The number of aliphatic hydroxyl groups is 1. The molecule has 6 saturated heterocycles. The Kier molecular flexibility index (Phi) is 38.2. The smallest absolute Gasteiger partial charge is 0.269 e. The van der Waals surface area contributed by atoms with Crippen molar-refractivity contribution in [1.29, 1.82) is 0 Å². The number of para-hydroxylation sites is 3. The molecule has 1 N–H and O–H groups in total. The monoisotopic (exact) mass is 1710 g/mol. The SMILES string of the molecule is CC(C)c1ccc(CN2CCN(CCO)CC2)cc1.CC1CCCC(N2CCN(Cc3ccccc3)CC2)C1.CN1CCN(Cc2cccc(Oc3ccccc3)c2)CC1.COc1ccccc1N1CCN(Cc2ccc(C)cc2)CC1.Cc1ccc(CN2CCN(c3ccc(F)cc3)CC2)cc1.O=[N+]([O-])c1ccc(CN2CCN(c3ccc(F)cc3)CC2)cc1. The number of nitro groups is 1. The molecule has 0 bridgehead atoms. The summed E-state index contributed by atoms with van der Waals surface area (Å²) in [6.07, 6.45) is 5.75. The Morgan fingerprint density at radius 1 is 0.413 bits per heavy atom. The minimum atomic E-state index is -0.384. The molecule has 126 heavy (non-hydrogen) atoms. The van der Waals surface area contributed by atoms with E-state index in [0.717, 1.165) is 223 Å². The molecule has 0 radical (unpaired) electrons. The summed E-state index contributed by atoms with van der Waals surface area (Å²) in [5.74, 6) is 3.92. The number of anilines is 3. The van der Waals surface area contributed by atoms with Crippen LogP contribution in [-0.2, 0) is 39.3 Å². The number of hydrogen-bond acceptors (Lipinski definition) is 17. The number of halogens is 2. The quantitative estimate of drug-likeness (QED) is 0.0482. The van der Waals surface area contributed by atoms with E-state index in [-0.39, 0.29) is 28.9 Å². The van der Waals surface area contributed by atoms with Gasteiger partial charge in [-0.15, -0.1) is 0 Å². The second-order valence-corrected chi connectivity index (χ2v) is 35.4. The minimum Gasteiger partial charge on any atom is -0.495 e. The standard InChI is InChI=1S/C19H24N2O.C18H21FN2.C18H22N2O.C18H28N2.C17H18FN3O2.C16H26N2O/c1-16-7-9-17(10-8-16)15-20-11-13-21(14-12-20)18-5-3-4-6-19(18)22-2;1-15-2-4-16(5-3-15)14-20-10-12-21(13-11-20)18-8-6-17(19)7-9-18;1-19-10-12-20(13-11-19)15-16-6-5-9-18(14-16)21-17-7-3-2-4-8-17;1-16-6-5-9-18(14-16)20-12-10-19(11-13-20)15-17-7-3-2-4-8-17;18-15-3-7-16(8-4-15)20-11-9-19(10-12-20)13-14-1-5-17(6-2-14)21(22)23;1-14(2)16-5-3-15(4-6-16)13-18-9-7-17(8-10-18)11-12-19/h3-10H,11-15H2,1-2H3;2-9H,10-14H2,1H3;2-9,14H,10-13,15H2,1H3;2-4,7-8,16,18H,5-6,9-15H2,1H3;1-8H,9-13H2;3-6,14,19H,7-13H2,1-2H3. The van der Waals surface area contributed by atoms with Gasteiger partial charge in [0.1, 0.15) is 28.9 Å². The lowest BCUT2D eigenvalue weighted by molar-refractivity contribution is -0.384. The van der Waals surface area contributed by atoms with Gasteiger partial charge in [0, 0.05) is 232 Å². The number of β-amino-alcohol motifs (C(OH)–C–C–N with tert-alkyl or cyclic N) is 1. The molecule has 6 heterocycles. The molecule has 20 heteroatoms. The van der Waals surface area contributed by atoms with Crippen LogP contribution >= 0.6 is 0 Å². The van der Waals surface area contributed by atoms with Gasteiger partial charge in [0.15, 0.2) is 0 Å². The van der Waals surface area contributed by atoms with Crippen molar-refractivity contribution in [1.82, 2.24) is 44.1 Å². The number of nitro benzene ring substituents is 1. The normalized spacial score (nSPS) is 18.5. The van der Waals surface area contributed by atoms with E-state index in [2.05, 4.69) is 234 Å². The van der Waals surface area contributed by atoms with Crippen molar-refractivity contribution in [2.24, 2.45) is 5.92 Å². The topological polar surface area (TPSA) is 121 Å². The summed E-state index contributed by atoms with van der Waals surface area (Å²) in [5.41, 5.74) is 15.5. The number of rotatable bonds is 23. The first kappa shape index (κ1) is 95.2. The number of non-ortho nitro benzene ring substituents is 1. The summed E-state index contributed by atoms with van der Waals surface area (Å²) in [5, 5.41) is 19.6. The third kappa shape index (κ3) is 31.8. The van der Waals surface area contributed by atoms with Gasteiger partial charge in [0.2, 0.25) is 0 Å². The van der Waals surface area contributed by atoms with Crippen LogP contribution in [-0.4, -0.2) is 245 Å². The summed E-state index contributed by atoms with van der Waals surface area (Å²) < 4.78 is 37.3. The maximum Gasteiger partial charge on any atom is 0.269 e. The van der Waals surface area contributed by atoms with Crippen LogP contribution in [0.5, 0.6) is 17.2 Å². The van der Waals surface area contributed by atoms with E-state index in [1.165, 1.54) is 126 Å². The molecule has 2 atom stereocenters. The number of hydrogen-bond donors (Lipinski definition) is 1. The Morgan fingerprint density at radius 3 is 1.25 bits per heavy atom. The van der Waals surface area contributed by atoms with Gasteiger partial charge in [0.25, 0.3) is 5.69 Å². The first-order valence-corrected chi connectivity index (χ1v) is 46.2. The fourth-order valence-electron chi connectivity index (χ4n) is 17.6. The molecule has 7 fully saturated rings. The Labute approximate surface area is 751 Å². The number of aryl methyl sites for hydroxylation is 2. The maximum atomic E-state index is 13.0. The van der Waals surface area contributed by atoms with Crippen molar-refractivity contribution in [3.8, 4) is 17.2 Å². The number of benzene rings is 10. The molecule has 0 amide bonds. The Morgan fingerprint density at radius 2 is 0.794 bits per heavy atom. The van der Waals surface area contributed by atoms with Crippen molar-refractivity contribution >= 4 is 22.7 Å². The summed E-state index contributed by atoms with van der Waals surface area (Å²) in [4.78, 5) is 39.7. The first-order valence-electron chi connectivity index (χ1n) is 46.2. The molecular weight excluding hydrogens is 1570 g/mol. The molecule has 2 unspecified atom stereocenters. The van der Waals surface area contributed by atoms with E-state index >= 15 is 0 Å². The summed E-state index contributed by atoms with van der Waals surface area (Å²) >= 11 is 0. The number of aliphatic hydroxyl groups excluding tert-OH is 1. The second kappa shape index (κ2) is 50.6. The van der Waals surface area contributed by atoms with Crippen molar-refractivity contribution in [2.45, 2.75) is 112 Å². The van der Waals surface area contributed by atoms with Crippen LogP contribution in [0.4, 0.5) is 31.5 Å². The largest absolute Gasteiger partial charge is 0.495 e. The summed E-state index contributed by atoms with van der Waals surface area (Å²) in [6.45, 7) is 44.1. The molecule has 10 aromatic carbocycles. The van der Waals surface area contributed by atoms with Crippen molar-refractivity contribution < 1.29 is 28.3 Å². The third-order valence-electron chi connectivity index (χ3n) is 25.4. The molecule has 672 valence electrons. The Hall–Kier alpha value is -9.94. The fraction of sp³-hybridized carbons (Fsp3) is 0.434. The number of ether oxygens (including phenoxy) is 2. The van der Waals surface area contributed by atoms with E-state index < -0.39 is 0 Å². The molecule has 1 aliphatic carbocycles. The van der Waals surface area contributed by atoms with Gasteiger partial charge in [-0.2, -0.15) is 0 Å². The number of piperazine rings is 6. The van der Waals surface area contributed by atoms with Crippen LogP contribution < -0.4 is 24.2 Å². The van der Waals surface area contributed by atoms with Crippen LogP contribution in [0.2, 0.25) is 0 Å². The lowest BCUT2D eigenvalue weighted by atomic mass is 9.86. The number of likely N-dealkylation sites (N-methyl/N-ethyl adjacent to an activating group) is 1. The fourth-order valence-corrected chi connectivity index (χ4v) is 17.6. The average molecular weight is 1710 g/mol. The summed E-state index contributed by atoms with van der Waals surface area (Å²) in [7, 11) is 3.93. The van der Waals surface area contributed by atoms with Gasteiger partial charge >= 0.3 is 0 Å². The zero-order valence-corrected chi connectivity index (χ0v) is 76.1. The molecule has 1 saturated carbocycles. The molecular formula is C106H139F2N13O5. The van der Waals surface area contributed by atoms with Gasteiger partial charge < -0.3 is 34.2 Å². The van der Waals surface area contributed by atoms with Crippen molar-refractivity contribution in [3.63, 3.8) is 0 Å². The molecule has 17 rings (SSSR count). The zero-order valence-electron chi connectivity index (χ0n) is 76.1. The van der Waals surface area contributed by atoms with Crippen molar-refractivity contribution in [3.05, 3.63) is 327 Å². The van der Waals surface area contributed by atoms with E-state index in [4.69, 9.17) is 14.6 Å². The molecule has 0 spiro atoms. The van der Waals surface area contributed by atoms with Crippen LogP contribution in [0.15, 0.2) is 255 Å². The van der Waals surface area contributed by atoms with E-state index in [0.29, 0.717) is 5.92 Å². The third-order valence-corrected chi connectivity index (χ3v) is 25.4.